The Kier molecular flexibility index (Phi) is 5.00. The Morgan fingerprint density at radius 1 is 1.19 bits per heavy atom. The molecule has 88 valence electrons. The molecule has 0 radical (unpaired) electrons. The number of halogens is 2. The Balaban J connectivity index is 2.34. The quantitative estimate of drug-likeness (QED) is 0.690. The van der Waals surface area contributed by atoms with Crippen LogP contribution in [-0.4, -0.2) is 41.1 Å². The van der Waals surface area contributed by atoms with E-state index in [1.54, 1.807) is 0 Å². The summed E-state index contributed by atoms with van der Waals surface area (Å²) in [7, 11) is 1.54. The van der Waals surface area contributed by atoms with Gasteiger partial charge >= 0.3 is 6.03 Å². The number of aromatic nitrogens is 3. The molecular weight excluding hydrogens is 255 g/mol. The first-order chi connectivity index (χ1) is 7.61. The van der Waals surface area contributed by atoms with Gasteiger partial charge in [0.1, 0.15) is 0 Å². The van der Waals surface area contributed by atoms with Gasteiger partial charge in [-0.15, -0.1) is 0 Å². The average molecular weight is 265 g/mol. The van der Waals surface area contributed by atoms with Crippen molar-refractivity contribution in [1.82, 2.24) is 25.6 Å². The van der Waals surface area contributed by atoms with E-state index in [-0.39, 0.29) is 22.5 Å². The van der Waals surface area contributed by atoms with Crippen molar-refractivity contribution in [3.05, 3.63) is 10.6 Å². The Morgan fingerprint density at radius 2 is 1.81 bits per heavy atom. The largest absolute Gasteiger partial charge is 0.352 e. The van der Waals surface area contributed by atoms with E-state index >= 15 is 0 Å². The second-order valence-electron chi connectivity index (χ2n) is 2.63. The number of amides is 2. The van der Waals surface area contributed by atoms with Gasteiger partial charge in [-0.25, -0.2) is 4.79 Å². The fourth-order valence-corrected chi connectivity index (χ4v) is 1.21. The van der Waals surface area contributed by atoms with Crippen molar-refractivity contribution in [2.75, 3.05) is 25.5 Å². The predicted molar refractivity (Wildman–Crippen MR) is 60.8 cm³/mol. The number of nitrogens with zero attached hydrogens (tertiary/aromatic N) is 3. The lowest BCUT2D eigenvalue weighted by Gasteiger charge is -2.06. The zero-order chi connectivity index (χ0) is 12.0. The number of hydrogen-bond donors (Lipinski definition) is 3. The van der Waals surface area contributed by atoms with Gasteiger partial charge in [-0.2, -0.15) is 15.0 Å². The molecule has 0 saturated heterocycles. The zero-order valence-electron chi connectivity index (χ0n) is 8.42. The minimum absolute atomic E-state index is 0.0155. The molecule has 0 aromatic carbocycles. The smallest absolute Gasteiger partial charge is 0.314 e. The number of rotatable bonds is 4. The molecule has 7 nitrogen and oxygen atoms in total. The molecule has 0 atom stereocenters. The van der Waals surface area contributed by atoms with Crippen molar-refractivity contribution < 1.29 is 4.79 Å². The molecule has 0 unspecified atom stereocenters. The molecule has 0 aliphatic carbocycles. The second-order valence-corrected chi connectivity index (χ2v) is 3.31. The monoisotopic (exact) mass is 264 g/mol. The Morgan fingerprint density at radius 3 is 2.38 bits per heavy atom. The summed E-state index contributed by atoms with van der Waals surface area (Å²) in [5.41, 5.74) is 0. The van der Waals surface area contributed by atoms with Crippen molar-refractivity contribution in [2.24, 2.45) is 0 Å². The summed E-state index contributed by atoms with van der Waals surface area (Å²) in [4.78, 5) is 22.0. The van der Waals surface area contributed by atoms with Crippen LogP contribution in [0.15, 0.2) is 0 Å². The molecule has 1 rings (SSSR count). The van der Waals surface area contributed by atoms with E-state index < -0.39 is 0 Å². The fourth-order valence-electron chi connectivity index (χ4n) is 0.844. The number of carbonyl (C=O) groups is 1. The molecule has 0 aliphatic rings. The van der Waals surface area contributed by atoms with Crippen LogP contribution in [0.25, 0.3) is 0 Å². The molecule has 3 N–H and O–H groups in total. The van der Waals surface area contributed by atoms with Gasteiger partial charge in [-0.05, 0) is 23.2 Å². The van der Waals surface area contributed by atoms with Gasteiger partial charge in [-0.1, -0.05) is 0 Å². The van der Waals surface area contributed by atoms with Crippen LogP contribution in [0.5, 0.6) is 0 Å². The lowest BCUT2D eigenvalue weighted by molar-refractivity contribution is 0.243. The fraction of sp³-hybridized carbons (Fsp3) is 0.429. The molecule has 16 heavy (non-hydrogen) atoms. The number of nitrogens with one attached hydrogen (secondary N) is 3. The van der Waals surface area contributed by atoms with Gasteiger partial charge in [-0.3, -0.25) is 0 Å². The van der Waals surface area contributed by atoms with Crippen molar-refractivity contribution in [3.8, 4) is 0 Å². The maximum atomic E-state index is 10.8. The third-order valence-electron chi connectivity index (χ3n) is 1.50. The molecule has 0 aliphatic heterocycles. The van der Waals surface area contributed by atoms with Crippen LogP contribution < -0.4 is 16.0 Å². The van der Waals surface area contributed by atoms with Crippen LogP contribution in [0.3, 0.4) is 0 Å². The summed E-state index contributed by atoms with van der Waals surface area (Å²) in [5.74, 6) is 0.267. The number of carbonyl (C=O) groups excluding carboxylic acids is 1. The van der Waals surface area contributed by atoms with Crippen LogP contribution in [0.4, 0.5) is 10.7 Å². The molecule has 0 saturated carbocycles. The summed E-state index contributed by atoms with van der Waals surface area (Å²) in [6.45, 7) is 0.866. The van der Waals surface area contributed by atoms with Crippen LogP contribution >= 0.6 is 23.2 Å². The van der Waals surface area contributed by atoms with Gasteiger partial charge < -0.3 is 16.0 Å². The molecule has 1 aromatic rings. The minimum Gasteiger partial charge on any atom is -0.352 e. The molecular formula is C7H10Cl2N6O. The highest BCUT2D eigenvalue weighted by Crippen LogP contribution is 2.08. The van der Waals surface area contributed by atoms with Crippen LogP contribution in [0, 0.1) is 0 Å². The van der Waals surface area contributed by atoms with Crippen molar-refractivity contribution in [2.45, 2.75) is 0 Å². The Labute approximate surface area is 102 Å². The molecule has 0 fully saturated rings. The predicted octanol–water partition coefficient (Wildman–Crippen LogP) is 0.519. The van der Waals surface area contributed by atoms with Gasteiger partial charge in [0, 0.05) is 20.1 Å². The number of hydrogen-bond acceptors (Lipinski definition) is 5. The van der Waals surface area contributed by atoms with E-state index in [9.17, 15) is 4.79 Å². The third kappa shape index (κ3) is 4.45. The van der Waals surface area contributed by atoms with E-state index in [0.717, 1.165) is 0 Å². The average Bonchev–Trinajstić information content (AvgIpc) is 2.22. The lowest BCUT2D eigenvalue weighted by Crippen LogP contribution is -2.35. The molecule has 0 spiro atoms. The summed E-state index contributed by atoms with van der Waals surface area (Å²) in [6, 6.07) is -0.256. The highest BCUT2D eigenvalue weighted by Gasteiger charge is 2.02. The maximum Gasteiger partial charge on any atom is 0.314 e. The highest BCUT2D eigenvalue weighted by atomic mass is 35.5. The normalized spacial score (nSPS) is 9.69. The second kappa shape index (κ2) is 6.29. The lowest BCUT2D eigenvalue weighted by atomic mass is 10.6. The van der Waals surface area contributed by atoms with Crippen molar-refractivity contribution in [1.29, 1.82) is 0 Å². The first-order valence-corrected chi connectivity index (χ1v) is 5.14. The summed E-state index contributed by atoms with van der Waals surface area (Å²) in [5, 5.41) is 7.87. The minimum atomic E-state index is -0.256. The van der Waals surface area contributed by atoms with Gasteiger partial charge in [0.25, 0.3) is 0 Å². The van der Waals surface area contributed by atoms with Crippen molar-refractivity contribution in [3.63, 3.8) is 0 Å². The Bertz CT molecular complexity index is 354. The summed E-state index contributed by atoms with van der Waals surface area (Å²) < 4.78 is 0. The van der Waals surface area contributed by atoms with Crippen LogP contribution in [-0.2, 0) is 0 Å². The Hall–Kier alpha value is -1.34. The van der Waals surface area contributed by atoms with E-state index in [1.807, 2.05) is 0 Å². The first kappa shape index (κ1) is 12.7. The molecule has 9 heteroatoms. The van der Waals surface area contributed by atoms with E-state index in [2.05, 4.69) is 30.9 Å². The van der Waals surface area contributed by atoms with E-state index in [0.29, 0.717) is 13.1 Å². The third-order valence-corrected chi connectivity index (χ3v) is 1.84. The van der Waals surface area contributed by atoms with Gasteiger partial charge in [0.05, 0.1) is 0 Å². The van der Waals surface area contributed by atoms with Crippen molar-refractivity contribution >= 4 is 35.2 Å². The van der Waals surface area contributed by atoms with E-state index in [4.69, 9.17) is 23.2 Å². The number of urea groups is 1. The molecule has 1 aromatic heterocycles. The van der Waals surface area contributed by atoms with E-state index in [1.165, 1.54) is 7.05 Å². The molecule has 2 amide bonds. The summed E-state index contributed by atoms with van der Waals surface area (Å²) >= 11 is 11.1. The molecule has 1 heterocycles. The van der Waals surface area contributed by atoms with Gasteiger partial charge in [0.15, 0.2) is 0 Å². The molecule has 0 bridgehead atoms. The summed E-state index contributed by atoms with van der Waals surface area (Å²) in [6.07, 6.45) is 0. The maximum absolute atomic E-state index is 10.8. The topological polar surface area (TPSA) is 91.8 Å². The van der Waals surface area contributed by atoms with Crippen LogP contribution in [0.1, 0.15) is 0 Å². The van der Waals surface area contributed by atoms with Crippen LogP contribution in [0.2, 0.25) is 10.6 Å². The first-order valence-electron chi connectivity index (χ1n) is 4.38. The highest BCUT2D eigenvalue weighted by molar-refractivity contribution is 6.31. The SMILES string of the molecule is CNC(=O)NCCNc1nc(Cl)nc(Cl)n1. The van der Waals surface area contributed by atoms with Gasteiger partial charge in [0.2, 0.25) is 16.5 Å². The standard InChI is InChI=1S/C7H10Cl2N6O/c1-10-7(16)12-3-2-11-6-14-4(8)13-5(9)15-6/h2-3H2,1H3,(H2,10,12,16)(H,11,13,14,15). The number of anilines is 1. The zero-order valence-corrected chi connectivity index (χ0v) is 9.93.